The molecule has 2 aromatic rings. The van der Waals surface area contributed by atoms with E-state index >= 15 is 0 Å². The molecule has 0 atom stereocenters. The third-order valence-electron chi connectivity index (χ3n) is 5.68. The van der Waals surface area contributed by atoms with Gasteiger partial charge < -0.3 is 0 Å². The minimum Gasteiger partial charge on any atom is -0.283 e. The third-order valence-corrected chi connectivity index (χ3v) is 6.68. The Hall–Kier alpha value is -2.59. The van der Waals surface area contributed by atoms with E-state index in [1.54, 1.807) is 0 Å². The van der Waals surface area contributed by atoms with E-state index in [0.717, 1.165) is 40.6 Å². The molecule has 30 heavy (non-hydrogen) atoms. The minimum atomic E-state index is 0.0912. The van der Waals surface area contributed by atoms with Crippen molar-refractivity contribution in [3.8, 4) is 0 Å². The van der Waals surface area contributed by atoms with E-state index in [0.29, 0.717) is 0 Å². The predicted octanol–water partition coefficient (Wildman–Crippen LogP) is 6.74. The molecule has 1 heterocycles. The van der Waals surface area contributed by atoms with Crippen molar-refractivity contribution in [3.05, 3.63) is 82.8 Å². The van der Waals surface area contributed by atoms with Crippen LogP contribution < -0.4 is 0 Å². The summed E-state index contributed by atoms with van der Waals surface area (Å²) in [6.45, 7) is 2.15. The van der Waals surface area contributed by atoms with Gasteiger partial charge in [0.25, 0.3) is 5.91 Å². The molecule has 0 radical (unpaired) electrons. The number of rotatable bonds is 5. The Morgan fingerprint density at radius 3 is 2.47 bits per heavy atom. The highest BCUT2D eigenvalue weighted by Gasteiger charge is 2.38. The van der Waals surface area contributed by atoms with E-state index in [4.69, 9.17) is 4.99 Å². The van der Waals surface area contributed by atoms with Gasteiger partial charge in [-0.25, -0.2) is 4.99 Å². The maximum atomic E-state index is 13.3. The Morgan fingerprint density at radius 2 is 1.77 bits per heavy atom. The van der Waals surface area contributed by atoms with Gasteiger partial charge in [0.05, 0.1) is 10.6 Å². The van der Waals surface area contributed by atoms with Crippen molar-refractivity contribution in [1.82, 2.24) is 4.90 Å². The fraction of sp³-hybridized carbons (Fsp3) is 0.308. The van der Waals surface area contributed by atoms with Gasteiger partial charge in [-0.1, -0.05) is 80.8 Å². The number of thioether (sulfide) groups is 1. The molecule has 1 amide bonds. The van der Waals surface area contributed by atoms with Crippen LogP contribution in [0.1, 0.15) is 50.2 Å². The first-order valence-corrected chi connectivity index (χ1v) is 11.7. The number of amides is 1. The summed E-state index contributed by atoms with van der Waals surface area (Å²) in [6.07, 6.45) is 12.7. The first-order valence-electron chi connectivity index (χ1n) is 10.9. The van der Waals surface area contributed by atoms with Crippen LogP contribution in [0.4, 0.5) is 5.69 Å². The SMILES string of the molecule is CCc1ccc(N=C2S/C(=C/C=C\c3ccccc3)C(=O)N2C2CCCCC2)cc1. The monoisotopic (exact) mass is 416 g/mol. The zero-order valence-corrected chi connectivity index (χ0v) is 18.3. The van der Waals surface area contributed by atoms with Crippen LogP contribution in [0.2, 0.25) is 0 Å². The van der Waals surface area contributed by atoms with Crippen molar-refractivity contribution >= 4 is 34.6 Å². The molecule has 0 aromatic heterocycles. The molecule has 1 aliphatic heterocycles. The van der Waals surface area contributed by atoms with Crippen LogP contribution in [-0.2, 0) is 11.2 Å². The van der Waals surface area contributed by atoms with E-state index in [9.17, 15) is 4.79 Å². The average molecular weight is 417 g/mol. The molecule has 3 nitrogen and oxygen atoms in total. The Morgan fingerprint density at radius 1 is 1.03 bits per heavy atom. The molecule has 4 heteroatoms. The minimum absolute atomic E-state index is 0.0912. The molecule has 1 saturated carbocycles. The number of benzene rings is 2. The highest BCUT2D eigenvalue weighted by molar-refractivity contribution is 8.18. The first-order chi connectivity index (χ1) is 14.7. The zero-order valence-electron chi connectivity index (χ0n) is 17.5. The van der Waals surface area contributed by atoms with Gasteiger partial charge in [-0.05, 0) is 60.4 Å². The van der Waals surface area contributed by atoms with Crippen molar-refractivity contribution in [2.24, 2.45) is 4.99 Å². The van der Waals surface area contributed by atoms with Crippen LogP contribution in [0, 0.1) is 0 Å². The van der Waals surface area contributed by atoms with Crippen LogP contribution in [0.25, 0.3) is 6.08 Å². The van der Waals surface area contributed by atoms with E-state index in [1.165, 1.54) is 36.6 Å². The molecule has 2 fully saturated rings. The van der Waals surface area contributed by atoms with Crippen LogP contribution in [0.3, 0.4) is 0 Å². The molecule has 1 aliphatic carbocycles. The van der Waals surface area contributed by atoms with Crippen LogP contribution in [0.5, 0.6) is 0 Å². The smallest absolute Gasteiger partial charge is 0.266 e. The Balaban J connectivity index is 1.60. The molecule has 0 N–H and O–H groups in total. The first kappa shape index (κ1) is 20.7. The highest BCUT2D eigenvalue weighted by Crippen LogP contribution is 2.37. The van der Waals surface area contributed by atoms with Crippen LogP contribution >= 0.6 is 11.8 Å². The predicted molar refractivity (Wildman–Crippen MR) is 128 cm³/mol. The Labute approximate surface area is 183 Å². The number of carbonyl (C=O) groups is 1. The van der Waals surface area contributed by atoms with Gasteiger partial charge in [0.15, 0.2) is 5.17 Å². The normalized spacial score (nSPS) is 20.7. The number of aliphatic imine (C=N–C) groups is 1. The standard InChI is InChI=1S/C26H28N2OS/c1-2-20-16-18-22(19-17-20)27-26-28(23-13-7-4-8-14-23)25(29)24(30-26)15-9-12-21-10-5-3-6-11-21/h3,5-6,9-12,15-19,23H,2,4,7-8,13-14H2,1H3/b12-9-,24-15+,27-26?. The fourth-order valence-corrected chi connectivity index (χ4v) is 4.98. The highest BCUT2D eigenvalue weighted by atomic mass is 32.2. The molecule has 0 spiro atoms. The molecule has 4 rings (SSSR count). The summed E-state index contributed by atoms with van der Waals surface area (Å²) >= 11 is 1.50. The molecular formula is C26H28N2OS. The van der Waals surface area contributed by atoms with Crippen LogP contribution in [0.15, 0.2) is 76.6 Å². The van der Waals surface area contributed by atoms with E-state index in [-0.39, 0.29) is 11.9 Å². The van der Waals surface area contributed by atoms with E-state index in [1.807, 2.05) is 53.5 Å². The van der Waals surface area contributed by atoms with Gasteiger partial charge in [-0.2, -0.15) is 0 Å². The Kier molecular flexibility index (Phi) is 6.85. The maximum Gasteiger partial charge on any atom is 0.266 e. The van der Waals surface area contributed by atoms with E-state index < -0.39 is 0 Å². The molecule has 154 valence electrons. The average Bonchev–Trinajstić information content (AvgIpc) is 3.10. The lowest BCUT2D eigenvalue weighted by Gasteiger charge is -2.30. The second-order valence-electron chi connectivity index (χ2n) is 7.78. The van der Waals surface area contributed by atoms with Gasteiger partial charge >= 0.3 is 0 Å². The maximum absolute atomic E-state index is 13.3. The Bertz CT molecular complexity index is 954. The van der Waals surface area contributed by atoms with Gasteiger partial charge in [0.2, 0.25) is 0 Å². The van der Waals surface area contributed by atoms with Crippen molar-refractivity contribution in [1.29, 1.82) is 0 Å². The summed E-state index contributed by atoms with van der Waals surface area (Å²) in [7, 11) is 0. The number of nitrogens with zero attached hydrogens (tertiary/aromatic N) is 2. The number of amidine groups is 1. The molecule has 2 aliphatic rings. The summed E-state index contributed by atoms with van der Waals surface area (Å²) in [4.78, 5) is 20.9. The van der Waals surface area contributed by atoms with Crippen molar-refractivity contribution in [2.75, 3.05) is 0 Å². The lowest BCUT2D eigenvalue weighted by molar-refractivity contribution is -0.124. The molecular weight excluding hydrogens is 388 g/mol. The second kappa shape index (κ2) is 9.94. The van der Waals surface area contributed by atoms with Gasteiger partial charge in [0.1, 0.15) is 0 Å². The van der Waals surface area contributed by atoms with Gasteiger partial charge in [-0.3, -0.25) is 9.69 Å². The lowest BCUT2D eigenvalue weighted by Crippen LogP contribution is -2.40. The summed E-state index contributed by atoms with van der Waals surface area (Å²) in [5.41, 5.74) is 3.33. The summed E-state index contributed by atoms with van der Waals surface area (Å²) in [5, 5.41) is 0.815. The summed E-state index contributed by atoms with van der Waals surface area (Å²) in [5.74, 6) is 0.0912. The van der Waals surface area contributed by atoms with Crippen molar-refractivity contribution < 1.29 is 4.79 Å². The largest absolute Gasteiger partial charge is 0.283 e. The van der Waals surface area contributed by atoms with Crippen LogP contribution in [-0.4, -0.2) is 22.0 Å². The number of carbonyl (C=O) groups excluding carboxylic acids is 1. The molecule has 1 saturated heterocycles. The quantitative estimate of drug-likeness (QED) is 0.506. The van der Waals surface area contributed by atoms with E-state index in [2.05, 4.69) is 31.2 Å². The molecule has 0 bridgehead atoms. The topological polar surface area (TPSA) is 32.7 Å². The molecule has 0 unspecified atom stereocenters. The molecule has 2 aromatic carbocycles. The van der Waals surface area contributed by atoms with Crippen molar-refractivity contribution in [3.63, 3.8) is 0 Å². The second-order valence-corrected chi connectivity index (χ2v) is 8.79. The summed E-state index contributed by atoms with van der Waals surface area (Å²) < 4.78 is 0. The fourth-order valence-electron chi connectivity index (χ4n) is 3.97. The lowest BCUT2D eigenvalue weighted by atomic mass is 9.94. The number of hydrogen-bond donors (Lipinski definition) is 0. The number of allylic oxidation sites excluding steroid dienone is 2. The van der Waals surface area contributed by atoms with Crippen molar-refractivity contribution in [2.45, 2.75) is 51.5 Å². The number of aryl methyl sites for hydroxylation is 1. The number of hydrogen-bond acceptors (Lipinski definition) is 3. The van der Waals surface area contributed by atoms with Gasteiger partial charge in [-0.15, -0.1) is 0 Å². The zero-order chi connectivity index (χ0) is 20.8. The van der Waals surface area contributed by atoms with Gasteiger partial charge in [0, 0.05) is 6.04 Å². The third kappa shape index (κ3) is 4.93. The summed E-state index contributed by atoms with van der Waals surface area (Å²) in [6, 6.07) is 18.7.